The normalized spacial score (nSPS) is 11.2. The van der Waals surface area contributed by atoms with Gasteiger partial charge in [0.2, 0.25) is 5.91 Å². The Bertz CT molecular complexity index is 343. The van der Waals surface area contributed by atoms with Crippen molar-refractivity contribution in [2.75, 3.05) is 5.32 Å². The van der Waals surface area contributed by atoms with E-state index in [1.807, 2.05) is 0 Å². The average Bonchev–Trinajstić information content (AvgIpc) is 2.05. The van der Waals surface area contributed by atoms with Crippen LogP contribution in [0.4, 0.5) is 18.9 Å². The number of carbonyl (C=O) groups is 1. The van der Waals surface area contributed by atoms with Crippen LogP contribution in [0.25, 0.3) is 0 Å². The Morgan fingerprint density at radius 2 is 1.80 bits per heavy atom. The topological polar surface area (TPSA) is 29.1 Å². The Labute approximate surface area is 85.1 Å². The first-order valence-corrected chi connectivity index (χ1v) is 4.30. The summed E-state index contributed by atoms with van der Waals surface area (Å²) in [5.41, 5.74) is 0.671. The zero-order valence-corrected chi connectivity index (χ0v) is 8.06. The first kappa shape index (κ1) is 11.6. The summed E-state index contributed by atoms with van der Waals surface area (Å²) in [7, 11) is 0. The molecule has 1 aromatic rings. The van der Waals surface area contributed by atoms with Gasteiger partial charge < -0.3 is 5.32 Å². The van der Waals surface area contributed by atoms with E-state index in [4.69, 9.17) is 0 Å². The Morgan fingerprint density at radius 1 is 1.27 bits per heavy atom. The van der Waals surface area contributed by atoms with E-state index in [1.165, 1.54) is 31.2 Å². The van der Waals surface area contributed by atoms with Crippen LogP contribution in [0, 0.1) is 0 Å². The highest BCUT2D eigenvalue weighted by Crippen LogP contribution is 2.22. The molecule has 0 radical (unpaired) electrons. The van der Waals surface area contributed by atoms with Crippen molar-refractivity contribution in [2.24, 2.45) is 0 Å². The Morgan fingerprint density at radius 3 is 2.20 bits per heavy atom. The number of halogens is 3. The fourth-order valence-corrected chi connectivity index (χ4v) is 1.14. The van der Waals surface area contributed by atoms with E-state index in [1.54, 1.807) is 0 Å². The quantitative estimate of drug-likeness (QED) is 0.810. The fourth-order valence-electron chi connectivity index (χ4n) is 1.14. The Hall–Kier alpha value is -1.52. The van der Waals surface area contributed by atoms with Crippen molar-refractivity contribution in [3.63, 3.8) is 0 Å². The standard InChI is InChI=1S/C10H10F3NO/c1-7(15)14-9-4-2-8(3-5-9)6-10(11,12)13/h2-5H,6H2,1H3,(H,14,15). The van der Waals surface area contributed by atoms with Crippen LogP contribution in [-0.4, -0.2) is 12.1 Å². The van der Waals surface area contributed by atoms with Crippen LogP contribution in [-0.2, 0) is 11.2 Å². The van der Waals surface area contributed by atoms with Gasteiger partial charge in [-0.1, -0.05) is 12.1 Å². The average molecular weight is 217 g/mol. The van der Waals surface area contributed by atoms with E-state index in [2.05, 4.69) is 5.32 Å². The van der Waals surface area contributed by atoms with E-state index >= 15 is 0 Å². The van der Waals surface area contributed by atoms with Crippen molar-refractivity contribution >= 4 is 11.6 Å². The molecule has 0 aliphatic rings. The predicted molar refractivity (Wildman–Crippen MR) is 50.5 cm³/mol. The van der Waals surface area contributed by atoms with E-state index in [0.717, 1.165) is 0 Å². The molecular formula is C10H10F3NO. The number of amides is 1. The van der Waals surface area contributed by atoms with Crippen LogP contribution >= 0.6 is 0 Å². The van der Waals surface area contributed by atoms with Gasteiger partial charge in [-0.15, -0.1) is 0 Å². The second-order valence-corrected chi connectivity index (χ2v) is 3.17. The minimum absolute atomic E-state index is 0.177. The van der Waals surface area contributed by atoms with Crippen molar-refractivity contribution < 1.29 is 18.0 Å². The molecular weight excluding hydrogens is 207 g/mol. The van der Waals surface area contributed by atoms with E-state index < -0.39 is 12.6 Å². The van der Waals surface area contributed by atoms with Gasteiger partial charge in [-0.3, -0.25) is 4.79 Å². The molecule has 0 fully saturated rings. The number of carbonyl (C=O) groups excluding carboxylic acids is 1. The molecule has 0 saturated carbocycles. The molecule has 0 atom stereocenters. The van der Waals surface area contributed by atoms with E-state index in [9.17, 15) is 18.0 Å². The van der Waals surface area contributed by atoms with Gasteiger partial charge in [-0.25, -0.2) is 0 Å². The molecule has 0 heterocycles. The molecule has 1 aromatic carbocycles. The molecule has 0 saturated heterocycles. The zero-order valence-electron chi connectivity index (χ0n) is 8.06. The molecule has 1 N–H and O–H groups in total. The lowest BCUT2D eigenvalue weighted by atomic mass is 10.1. The van der Waals surface area contributed by atoms with Crippen molar-refractivity contribution in [3.05, 3.63) is 29.8 Å². The van der Waals surface area contributed by atoms with Crippen molar-refractivity contribution in [1.82, 2.24) is 0 Å². The molecule has 2 nitrogen and oxygen atoms in total. The number of hydrogen-bond acceptors (Lipinski definition) is 1. The lowest BCUT2D eigenvalue weighted by Gasteiger charge is -2.07. The Kier molecular flexibility index (Phi) is 3.34. The number of nitrogens with one attached hydrogen (secondary N) is 1. The fraction of sp³-hybridized carbons (Fsp3) is 0.300. The summed E-state index contributed by atoms with van der Waals surface area (Å²) in [5.74, 6) is -0.251. The van der Waals surface area contributed by atoms with Crippen LogP contribution in [0.1, 0.15) is 12.5 Å². The summed E-state index contributed by atoms with van der Waals surface area (Å²) in [4.78, 5) is 10.6. The largest absolute Gasteiger partial charge is 0.393 e. The molecule has 0 aliphatic heterocycles. The van der Waals surface area contributed by atoms with Crippen molar-refractivity contribution in [2.45, 2.75) is 19.5 Å². The predicted octanol–water partition coefficient (Wildman–Crippen LogP) is 2.75. The lowest BCUT2D eigenvalue weighted by molar-refractivity contribution is -0.127. The summed E-state index contributed by atoms with van der Waals surface area (Å²) in [6.45, 7) is 1.34. The van der Waals surface area contributed by atoms with E-state index in [-0.39, 0.29) is 11.5 Å². The summed E-state index contributed by atoms with van der Waals surface area (Å²) >= 11 is 0. The zero-order chi connectivity index (χ0) is 11.5. The minimum Gasteiger partial charge on any atom is -0.326 e. The monoisotopic (exact) mass is 217 g/mol. The van der Waals surface area contributed by atoms with Crippen molar-refractivity contribution in [1.29, 1.82) is 0 Å². The van der Waals surface area contributed by atoms with Gasteiger partial charge >= 0.3 is 6.18 Å². The van der Waals surface area contributed by atoms with Crippen LogP contribution in [0.3, 0.4) is 0 Å². The van der Waals surface area contributed by atoms with Crippen LogP contribution in [0.5, 0.6) is 0 Å². The summed E-state index contributed by atoms with van der Waals surface area (Å²) in [6, 6.07) is 5.59. The molecule has 15 heavy (non-hydrogen) atoms. The van der Waals surface area contributed by atoms with Crippen LogP contribution in [0.2, 0.25) is 0 Å². The summed E-state index contributed by atoms with van der Waals surface area (Å²) < 4.78 is 35.9. The molecule has 5 heteroatoms. The van der Waals surface area contributed by atoms with Gasteiger partial charge in [-0.05, 0) is 17.7 Å². The Balaban J connectivity index is 2.68. The van der Waals surface area contributed by atoms with Gasteiger partial charge in [0, 0.05) is 12.6 Å². The highest BCUT2D eigenvalue weighted by atomic mass is 19.4. The molecule has 0 aromatic heterocycles. The second kappa shape index (κ2) is 4.33. The van der Waals surface area contributed by atoms with Crippen LogP contribution in [0.15, 0.2) is 24.3 Å². The maximum atomic E-state index is 12.0. The maximum absolute atomic E-state index is 12.0. The van der Waals surface area contributed by atoms with Gasteiger partial charge in [0.25, 0.3) is 0 Å². The molecule has 0 bridgehead atoms. The SMILES string of the molecule is CC(=O)Nc1ccc(CC(F)(F)F)cc1. The number of benzene rings is 1. The third kappa shape index (κ3) is 4.49. The number of anilines is 1. The first-order chi connectivity index (χ1) is 6.87. The highest BCUT2D eigenvalue weighted by molar-refractivity contribution is 5.88. The lowest BCUT2D eigenvalue weighted by Crippen LogP contribution is -2.11. The molecule has 0 aliphatic carbocycles. The molecule has 0 unspecified atom stereocenters. The van der Waals surface area contributed by atoms with Gasteiger partial charge in [-0.2, -0.15) is 13.2 Å². The smallest absolute Gasteiger partial charge is 0.326 e. The van der Waals surface area contributed by atoms with Crippen molar-refractivity contribution in [3.8, 4) is 0 Å². The highest BCUT2D eigenvalue weighted by Gasteiger charge is 2.27. The summed E-state index contributed by atoms with van der Waals surface area (Å²) in [5, 5.41) is 2.47. The first-order valence-electron chi connectivity index (χ1n) is 4.30. The second-order valence-electron chi connectivity index (χ2n) is 3.17. The minimum atomic E-state index is -4.20. The molecule has 1 rings (SSSR count). The number of hydrogen-bond donors (Lipinski definition) is 1. The van der Waals surface area contributed by atoms with Gasteiger partial charge in [0.1, 0.15) is 0 Å². The number of alkyl halides is 3. The maximum Gasteiger partial charge on any atom is 0.393 e. The summed E-state index contributed by atoms with van der Waals surface area (Å²) in [6.07, 6.45) is -5.15. The number of rotatable bonds is 2. The molecule has 0 spiro atoms. The van der Waals surface area contributed by atoms with E-state index in [0.29, 0.717) is 5.69 Å². The third-order valence-electron chi connectivity index (χ3n) is 1.68. The molecule has 1 amide bonds. The third-order valence-corrected chi connectivity index (χ3v) is 1.68. The molecule has 82 valence electrons. The van der Waals surface area contributed by atoms with Crippen LogP contribution < -0.4 is 5.32 Å². The van der Waals surface area contributed by atoms with Gasteiger partial charge in [0.05, 0.1) is 6.42 Å². The van der Waals surface area contributed by atoms with Gasteiger partial charge in [0.15, 0.2) is 0 Å².